The predicted octanol–water partition coefficient (Wildman–Crippen LogP) is 2.76. The van der Waals surface area contributed by atoms with Crippen molar-refractivity contribution in [2.45, 2.75) is 23.9 Å². The summed E-state index contributed by atoms with van der Waals surface area (Å²) >= 11 is 6.80. The molecule has 0 spiro atoms. The lowest BCUT2D eigenvalue weighted by atomic mass is 10.2. The third kappa shape index (κ3) is 4.02. The van der Waals surface area contributed by atoms with Crippen LogP contribution < -0.4 is 5.32 Å². The fraction of sp³-hybridized carbons (Fsp3) is 0.308. The number of carbonyl (C=O) groups excluding carboxylic acids is 1. The maximum absolute atomic E-state index is 12.3. The Morgan fingerprint density at radius 3 is 2.64 bits per heavy atom. The van der Waals surface area contributed by atoms with Crippen LogP contribution in [-0.4, -0.2) is 24.5 Å². The lowest BCUT2D eigenvalue weighted by Crippen LogP contribution is -2.17. The third-order valence-corrected chi connectivity index (χ3v) is 6.05. The Labute approximate surface area is 137 Å². The highest BCUT2D eigenvalue weighted by Crippen LogP contribution is 2.26. The van der Waals surface area contributed by atoms with Crippen LogP contribution in [0.2, 0.25) is 5.02 Å². The summed E-state index contributed by atoms with van der Waals surface area (Å²) < 4.78 is 24.5. The summed E-state index contributed by atoms with van der Waals surface area (Å²) in [6.07, 6.45) is 0. The van der Waals surface area contributed by atoms with Gasteiger partial charge in [0.2, 0.25) is 25.2 Å². The molecule has 0 fully saturated rings. The highest BCUT2D eigenvalue weighted by atomic mass is 35.5. The average molecular weight is 360 g/mol. The van der Waals surface area contributed by atoms with Gasteiger partial charge in [0.05, 0.1) is 5.75 Å². The minimum absolute atomic E-state index is 0.147. The topological polar surface area (TPSA) is 89.0 Å². The summed E-state index contributed by atoms with van der Waals surface area (Å²) in [5.74, 6) is -0.738. The molecule has 6 nitrogen and oxygen atoms in total. The minimum atomic E-state index is -3.66. The zero-order valence-corrected chi connectivity index (χ0v) is 14.3. The molecular formula is C13H14ClN3O3S2. The maximum atomic E-state index is 12.3. The predicted molar refractivity (Wildman–Crippen MR) is 85.7 cm³/mol. The van der Waals surface area contributed by atoms with Gasteiger partial charge in [-0.2, -0.15) is 0 Å². The number of hydrogen-bond donors (Lipinski definition) is 1. The van der Waals surface area contributed by atoms with Crippen LogP contribution in [0.3, 0.4) is 0 Å². The average Bonchev–Trinajstić information content (AvgIpc) is 2.90. The summed E-state index contributed by atoms with van der Waals surface area (Å²) in [7, 11) is -3.66. The molecule has 0 aliphatic heterocycles. The fourth-order valence-corrected chi connectivity index (χ4v) is 4.15. The summed E-state index contributed by atoms with van der Waals surface area (Å²) in [6, 6.07) is 6.71. The number of anilines is 1. The molecule has 22 heavy (non-hydrogen) atoms. The normalized spacial score (nSPS) is 11.6. The Kier molecular flexibility index (Phi) is 5.15. The molecule has 0 saturated carbocycles. The molecule has 1 heterocycles. The number of nitrogens with one attached hydrogen (secondary N) is 1. The second-order valence-electron chi connectivity index (χ2n) is 4.87. The number of rotatable bonds is 5. The van der Waals surface area contributed by atoms with Gasteiger partial charge in [-0.15, -0.1) is 10.2 Å². The van der Waals surface area contributed by atoms with Crippen LogP contribution in [-0.2, 0) is 20.4 Å². The molecule has 1 aromatic carbocycles. The molecular weight excluding hydrogens is 346 g/mol. The first-order chi connectivity index (χ1) is 10.3. The molecule has 0 bridgehead atoms. The molecule has 0 aliphatic carbocycles. The van der Waals surface area contributed by atoms with E-state index < -0.39 is 9.84 Å². The molecule has 0 aliphatic rings. The van der Waals surface area contributed by atoms with Crippen LogP contribution in [0.25, 0.3) is 0 Å². The smallest absolute Gasteiger partial charge is 0.234 e. The molecule has 0 radical (unpaired) electrons. The first-order valence-electron chi connectivity index (χ1n) is 6.40. The van der Waals surface area contributed by atoms with E-state index in [0.29, 0.717) is 10.6 Å². The summed E-state index contributed by atoms with van der Waals surface area (Å²) in [5, 5.41) is 10.4. The van der Waals surface area contributed by atoms with Gasteiger partial charge < -0.3 is 5.32 Å². The third-order valence-electron chi connectivity index (χ3n) is 2.73. The van der Waals surface area contributed by atoms with Crippen molar-refractivity contribution in [2.24, 2.45) is 5.92 Å². The molecule has 0 unspecified atom stereocenters. The standard InChI is InChI=1S/C13H14ClN3O3S2/c1-8(2)11(18)15-12-16-17-13(21-12)22(19,20)7-9-5-3-4-6-10(9)14/h3-6,8H,7H2,1-2H3,(H,15,16,18). The second-order valence-corrected chi connectivity index (χ2v) is 8.42. The van der Waals surface area contributed by atoms with Gasteiger partial charge >= 0.3 is 0 Å². The number of amides is 1. The summed E-state index contributed by atoms with van der Waals surface area (Å²) in [6.45, 7) is 3.46. The number of benzene rings is 1. The number of carbonyl (C=O) groups is 1. The molecule has 1 aromatic heterocycles. The van der Waals surface area contributed by atoms with Crippen LogP contribution in [0.15, 0.2) is 28.6 Å². The van der Waals surface area contributed by atoms with E-state index in [-0.39, 0.29) is 27.0 Å². The van der Waals surface area contributed by atoms with Crippen LogP contribution in [0.4, 0.5) is 5.13 Å². The van der Waals surface area contributed by atoms with E-state index in [4.69, 9.17) is 11.6 Å². The van der Waals surface area contributed by atoms with Crippen molar-refractivity contribution in [3.05, 3.63) is 34.9 Å². The van der Waals surface area contributed by atoms with Crippen LogP contribution in [0.5, 0.6) is 0 Å². The SMILES string of the molecule is CC(C)C(=O)Nc1nnc(S(=O)(=O)Cc2ccccc2Cl)s1. The monoisotopic (exact) mass is 359 g/mol. The van der Waals surface area contributed by atoms with Crippen LogP contribution >= 0.6 is 22.9 Å². The molecule has 118 valence electrons. The Bertz CT molecular complexity index is 787. The van der Waals surface area contributed by atoms with E-state index in [2.05, 4.69) is 15.5 Å². The lowest BCUT2D eigenvalue weighted by molar-refractivity contribution is -0.118. The summed E-state index contributed by atoms with van der Waals surface area (Å²) in [4.78, 5) is 11.6. The number of nitrogens with zero attached hydrogens (tertiary/aromatic N) is 2. The fourth-order valence-electron chi connectivity index (χ4n) is 1.52. The molecule has 1 amide bonds. The number of hydrogen-bond acceptors (Lipinski definition) is 6. The van der Waals surface area contributed by atoms with Crippen molar-refractivity contribution >= 4 is 43.8 Å². The van der Waals surface area contributed by atoms with Crippen LogP contribution in [0.1, 0.15) is 19.4 Å². The molecule has 0 saturated heterocycles. The molecule has 9 heteroatoms. The van der Waals surface area contributed by atoms with Crippen molar-refractivity contribution in [1.82, 2.24) is 10.2 Å². The van der Waals surface area contributed by atoms with Crippen LogP contribution in [0, 0.1) is 5.92 Å². The quantitative estimate of drug-likeness (QED) is 0.829. The number of aromatic nitrogens is 2. The van der Waals surface area contributed by atoms with E-state index in [1.807, 2.05) is 0 Å². The van der Waals surface area contributed by atoms with Crippen molar-refractivity contribution in [1.29, 1.82) is 0 Å². The van der Waals surface area contributed by atoms with Crippen molar-refractivity contribution in [3.8, 4) is 0 Å². The van der Waals surface area contributed by atoms with Crippen molar-refractivity contribution in [2.75, 3.05) is 5.32 Å². The number of halogens is 1. The van der Waals surface area contributed by atoms with Gasteiger partial charge in [-0.25, -0.2) is 8.42 Å². The van der Waals surface area contributed by atoms with E-state index in [1.54, 1.807) is 38.1 Å². The van der Waals surface area contributed by atoms with Gasteiger partial charge in [0.15, 0.2) is 0 Å². The van der Waals surface area contributed by atoms with E-state index in [9.17, 15) is 13.2 Å². The highest BCUT2D eigenvalue weighted by molar-refractivity contribution is 7.92. The van der Waals surface area contributed by atoms with Gasteiger partial charge in [0, 0.05) is 10.9 Å². The van der Waals surface area contributed by atoms with Gasteiger partial charge in [0.1, 0.15) is 0 Å². The van der Waals surface area contributed by atoms with Gasteiger partial charge in [-0.3, -0.25) is 4.79 Å². The van der Waals surface area contributed by atoms with E-state index >= 15 is 0 Å². The molecule has 2 rings (SSSR count). The zero-order valence-electron chi connectivity index (χ0n) is 11.9. The highest BCUT2D eigenvalue weighted by Gasteiger charge is 2.23. The Hall–Kier alpha value is -1.51. The second kappa shape index (κ2) is 6.72. The van der Waals surface area contributed by atoms with E-state index in [0.717, 1.165) is 11.3 Å². The Morgan fingerprint density at radius 1 is 1.32 bits per heavy atom. The minimum Gasteiger partial charge on any atom is -0.300 e. The largest absolute Gasteiger partial charge is 0.300 e. The zero-order chi connectivity index (χ0) is 16.3. The van der Waals surface area contributed by atoms with Gasteiger partial charge in [0.25, 0.3) is 0 Å². The summed E-state index contributed by atoms with van der Waals surface area (Å²) in [5.41, 5.74) is 0.493. The van der Waals surface area contributed by atoms with Gasteiger partial charge in [-0.1, -0.05) is 55.0 Å². The first-order valence-corrected chi connectivity index (χ1v) is 9.25. The molecule has 0 atom stereocenters. The lowest BCUT2D eigenvalue weighted by Gasteiger charge is -2.03. The molecule has 2 aromatic rings. The first kappa shape index (κ1) is 16.9. The maximum Gasteiger partial charge on any atom is 0.234 e. The van der Waals surface area contributed by atoms with Gasteiger partial charge in [-0.05, 0) is 11.6 Å². The van der Waals surface area contributed by atoms with E-state index in [1.165, 1.54) is 0 Å². The Morgan fingerprint density at radius 2 is 2.00 bits per heavy atom. The molecule has 1 N–H and O–H groups in total. The van der Waals surface area contributed by atoms with Crippen molar-refractivity contribution in [3.63, 3.8) is 0 Å². The Balaban J connectivity index is 2.19. The van der Waals surface area contributed by atoms with Crippen molar-refractivity contribution < 1.29 is 13.2 Å². The number of sulfone groups is 1.